The highest BCUT2D eigenvalue weighted by atomic mass is 33.1. The fourth-order valence-electron chi connectivity index (χ4n) is 0.252. The normalized spacial score (nSPS) is 21.0. The second-order valence-electron chi connectivity index (χ2n) is 0.974. The summed E-state index contributed by atoms with van der Waals surface area (Å²) in [5.41, 5.74) is 5.34. The molecular formula is C3H5NS2. The largest absolute Gasteiger partial charge is 0.393 e. The van der Waals surface area contributed by atoms with Gasteiger partial charge < -0.3 is 5.73 Å². The highest BCUT2D eigenvalue weighted by Gasteiger charge is 1.97. The maximum absolute atomic E-state index is 5.34. The van der Waals surface area contributed by atoms with Gasteiger partial charge in [-0.2, -0.15) is 0 Å². The van der Waals surface area contributed by atoms with Crippen molar-refractivity contribution in [3.8, 4) is 0 Å². The molecule has 1 aliphatic heterocycles. The van der Waals surface area contributed by atoms with Gasteiger partial charge in [-0.25, -0.2) is 0 Å². The van der Waals surface area contributed by atoms with Crippen molar-refractivity contribution in [1.82, 2.24) is 0 Å². The highest BCUT2D eigenvalue weighted by molar-refractivity contribution is 8.78. The molecule has 0 saturated heterocycles. The Balaban J connectivity index is 2.45. The van der Waals surface area contributed by atoms with Crippen LogP contribution in [-0.4, -0.2) is 5.75 Å². The summed E-state index contributed by atoms with van der Waals surface area (Å²) in [5, 5.41) is 0.958. The van der Waals surface area contributed by atoms with Crippen LogP contribution in [0.1, 0.15) is 0 Å². The summed E-state index contributed by atoms with van der Waals surface area (Å²) >= 11 is 0. The average molecular weight is 119 g/mol. The van der Waals surface area contributed by atoms with Crippen molar-refractivity contribution in [3.63, 3.8) is 0 Å². The molecule has 0 aromatic carbocycles. The molecule has 0 aromatic rings. The summed E-state index contributed by atoms with van der Waals surface area (Å²) in [7, 11) is 3.43. The Morgan fingerprint density at radius 3 is 2.83 bits per heavy atom. The van der Waals surface area contributed by atoms with Gasteiger partial charge in [0, 0.05) is 5.75 Å². The molecule has 0 amide bonds. The molecule has 0 saturated carbocycles. The van der Waals surface area contributed by atoms with E-state index >= 15 is 0 Å². The lowest BCUT2D eigenvalue weighted by Gasteiger charge is -1.80. The van der Waals surface area contributed by atoms with E-state index in [4.69, 9.17) is 5.73 Å². The minimum Gasteiger partial charge on any atom is -0.393 e. The van der Waals surface area contributed by atoms with Crippen LogP contribution in [-0.2, 0) is 0 Å². The van der Waals surface area contributed by atoms with E-state index in [9.17, 15) is 0 Å². The van der Waals surface area contributed by atoms with Crippen molar-refractivity contribution in [2.24, 2.45) is 5.73 Å². The summed E-state index contributed by atoms with van der Waals surface area (Å²) in [6.45, 7) is 0. The minimum absolute atomic E-state index is 0.958. The number of hydrogen-bond acceptors (Lipinski definition) is 3. The van der Waals surface area contributed by atoms with Gasteiger partial charge in [-0.1, -0.05) is 10.8 Å². The van der Waals surface area contributed by atoms with E-state index in [2.05, 4.69) is 0 Å². The first-order chi connectivity index (χ1) is 2.89. The third kappa shape index (κ3) is 0.849. The molecule has 0 atom stereocenters. The van der Waals surface area contributed by atoms with E-state index in [-0.39, 0.29) is 0 Å². The molecular weight excluding hydrogens is 114 g/mol. The van der Waals surface area contributed by atoms with E-state index in [1.165, 1.54) is 0 Å². The van der Waals surface area contributed by atoms with Crippen LogP contribution < -0.4 is 5.73 Å². The van der Waals surface area contributed by atoms with Crippen molar-refractivity contribution < 1.29 is 0 Å². The topological polar surface area (TPSA) is 26.0 Å². The molecule has 0 fully saturated rings. The summed E-state index contributed by atoms with van der Waals surface area (Å²) in [6, 6.07) is 0. The predicted molar refractivity (Wildman–Crippen MR) is 32.3 cm³/mol. The summed E-state index contributed by atoms with van der Waals surface area (Å²) in [4.78, 5) is 0. The van der Waals surface area contributed by atoms with Gasteiger partial charge in [-0.15, -0.1) is 0 Å². The van der Waals surface area contributed by atoms with E-state index < -0.39 is 0 Å². The van der Waals surface area contributed by atoms with Crippen molar-refractivity contribution >= 4 is 21.6 Å². The fraction of sp³-hybridized carbons (Fsp3) is 0.333. The van der Waals surface area contributed by atoms with Crippen LogP contribution in [0.4, 0.5) is 0 Å². The predicted octanol–water partition coefficient (Wildman–Crippen LogP) is 1.18. The van der Waals surface area contributed by atoms with E-state index in [0.29, 0.717) is 0 Å². The first-order valence-corrected chi connectivity index (χ1v) is 3.96. The molecule has 0 spiro atoms. The quantitative estimate of drug-likeness (QED) is 0.485. The molecule has 0 aliphatic carbocycles. The number of nitrogens with two attached hydrogens (primary N) is 1. The molecule has 1 heterocycles. The van der Waals surface area contributed by atoms with Crippen LogP contribution in [0.2, 0.25) is 0 Å². The smallest absolute Gasteiger partial charge is 0.0731 e. The molecule has 1 aliphatic rings. The fourth-order valence-corrected chi connectivity index (χ4v) is 1.98. The zero-order valence-electron chi connectivity index (χ0n) is 3.18. The second kappa shape index (κ2) is 1.80. The monoisotopic (exact) mass is 119 g/mol. The third-order valence-electron chi connectivity index (χ3n) is 0.508. The average Bonchev–Trinajstić information content (AvgIpc) is 1.86. The molecule has 3 heteroatoms. The van der Waals surface area contributed by atoms with Gasteiger partial charge in [0.25, 0.3) is 0 Å². The van der Waals surface area contributed by atoms with Gasteiger partial charge in [0.05, 0.1) is 5.03 Å². The van der Waals surface area contributed by atoms with Crippen LogP contribution in [0.15, 0.2) is 11.1 Å². The van der Waals surface area contributed by atoms with Crippen LogP contribution in [0, 0.1) is 0 Å². The Morgan fingerprint density at radius 1 is 1.83 bits per heavy atom. The maximum Gasteiger partial charge on any atom is 0.0731 e. The van der Waals surface area contributed by atoms with Crippen molar-refractivity contribution in [2.45, 2.75) is 0 Å². The van der Waals surface area contributed by atoms with Crippen LogP contribution >= 0.6 is 21.6 Å². The van der Waals surface area contributed by atoms with Gasteiger partial charge in [0.2, 0.25) is 0 Å². The molecule has 0 radical (unpaired) electrons. The lowest BCUT2D eigenvalue weighted by Crippen LogP contribution is -1.84. The van der Waals surface area contributed by atoms with Crippen LogP contribution in [0.25, 0.3) is 0 Å². The molecule has 1 rings (SSSR count). The molecule has 1 nitrogen and oxygen atoms in total. The van der Waals surface area contributed by atoms with Crippen molar-refractivity contribution in [2.75, 3.05) is 5.75 Å². The first-order valence-electron chi connectivity index (χ1n) is 1.65. The molecule has 0 bridgehead atoms. The van der Waals surface area contributed by atoms with E-state index in [0.717, 1.165) is 10.8 Å². The number of rotatable bonds is 0. The minimum atomic E-state index is 0.958. The van der Waals surface area contributed by atoms with Crippen LogP contribution in [0.5, 0.6) is 0 Å². The van der Waals surface area contributed by atoms with Gasteiger partial charge in [-0.05, 0) is 16.9 Å². The zero-order valence-corrected chi connectivity index (χ0v) is 4.81. The Hall–Kier alpha value is 0.240. The zero-order chi connectivity index (χ0) is 4.41. The Morgan fingerprint density at radius 2 is 2.67 bits per heavy atom. The Bertz CT molecular complexity index is 78.9. The standard InChI is InChI=1S/C3H5NS2/c4-3-1-2-5-6-3/h1H,2,4H2. The molecule has 6 heavy (non-hydrogen) atoms. The summed E-state index contributed by atoms with van der Waals surface area (Å²) < 4.78 is 0. The van der Waals surface area contributed by atoms with Crippen LogP contribution in [0.3, 0.4) is 0 Å². The van der Waals surface area contributed by atoms with Gasteiger partial charge in [-0.3, -0.25) is 0 Å². The summed E-state index contributed by atoms with van der Waals surface area (Å²) in [5.74, 6) is 1.08. The molecule has 0 aromatic heterocycles. The van der Waals surface area contributed by atoms with Gasteiger partial charge in [0.15, 0.2) is 0 Å². The first kappa shape index (κ1) is 4.40. The maximum atomic E-state index is 5.34. The third-order valence-corrected chi connectivity index (χ3v) is 2.63. The van der Waals surface area contributed by atoms with E-state index in [1.807, 2.05) is 6.08 Å². The molecule has 34 valence electrons. The second-order valence-corrected chi connectivity index (χ2v) is 3.39. The lowest BCUT2D eigenvalue weighted by atomic mass is 10.7. The van der Waals surface area contributed by atoms with Gasteiger partial charge >= 0.3 is 0 Å². The van der Waals surface area contributed by atoms with Crippen molar-refractivity contribution in [1.29, 1.82) is 0 Å². The van der Waals surface area contributed by atoms with Crippen molar-refractivity contribution in [3.05, 3.63) is 11.1 Å². The molecule has 0 unspecified atom stereocenters. The number of hydrogen-bond donors (Lipinski definition) is 1. The molecule has 2 N–H and O–H groups in total. The van der Waals surface area contributed by atoms with E-state index in [1.54, 1.807) is 21.6 Å². The SMILES string of the molecule is NC1=CCSS1. The Kier molecular flexibility index (Phi) is 1.32. The van der Waals surface area contributed by atoms with Gasteiger partial charge in [0.1, 0.15) is 0 Å². The summed E-state index contributed by atoms with van der Waals surface area (Å²) in [6.07, 6.45) is 2.02. The highest BCUT2D eigenvalue weighted by Crippen LogP contribution is 2.32. The Labute approximate surface area is 44.8 Å². The lowest BCUT2D eigenvalue weighted by molar-refractivity contribution is 1.53.